The number of rotatable bonds is 4. The van der Waals surface area contributed by atoms with Gasteiger partial charge in [-0.2, -0.15) is 0 Å². The van der Waals surface area contributed by atoms with Gasteiger partial charge in [0.05, 0.1) is 0 Å². The second-order valence-corrected chi connectivity index (χ2v) is 6.66. The van der Waals surface area contributed by atoms with E-state index in [0.717, 1.165) is 16.2 Å². The van der Waals surface area contributed by atoms with Gasteiger partial charge in [0.1, 0.15) is 5.58 Å². The molecule has 0 aliphatic carbocycles. The highest BCUT2D eigenvalue weighted by Gasteiger charge is 2.21. The van der Waals surface area contributed by atoms with Crippen molar-refractivity contribution in [2.24, 2.45) is 0 Å². The summed E-state index contributed by atoms with van der Waals surface area (Å²) >= 11 is 0. The van der Waals surface area contributed by atoms with Gasteiger partial charge < -0.3 is 9.15 Å². The van der Waals surface area contributed by atoms with E-state index in [1.165, 1.54) is 0 Å². The Labute approximate surface area is 171 Å². The third kappa shape index (κ3) is 3.73. The molecule has 4 aromatic rings. The lowest BCUT2D eigenvalue weighted by Crippen LogP contribution is -2.43. The molecule has 0 fully saturated rings. The van der Waals surface area contributed by atoms with Crippen LogP contribution in [0, 0.1) is 6.92 Å². The highest BCUT2D eigenvalue weighted by Crippen LogP contribution is 2.31. The third-order valence-electron chi connectivity index (χ3n) is 4.70. The van der Waals surface area contributed by atoms with Gasteiger partial charge in [-0.25, -0.2) is 4.79 Å². The molecule has 1 heterocycles. The number of nitrogens with one attached hydrogen (secondary N) is 2. The Hall–Kier alpha value is -4.13. The van der Waals surface area contributed by atoms with Gasteiger partial charge in [-0.05, 0) is 24.4 Å². The minimum atomic E-state index is -0.752. The van der Waals surface area contributed by atoms with Crippen LogP contribution in [-0.2, 0) is 9.53 Å². The highest BCUT2D eigenvalue weighted by molar-refractivity contribution is 6.08. The van der Waals surface area contributed by atoms with Crippen LogP contribution in [0.25, 0.3) is 21.7 Å². The van der Waals surface area contributed by atoms with Gasteiger partial charge >= 0.3 is 5.97 Å². The molecule has 2 N–H and O–H groups in total. The van der Waals surface area contributed by atoms with Gasteiger partial charge in [0.25, 0.3) is 11.8 Å². The van der Waals surface area contributed by atoms with Gasteiger partial charge in [-0.15, -0.1) is 0 Å². The summed E-state index contributed by atoms with van der Waals surface area (Å²) in [6, 6.07) is 19.9. The molecule has 0 saturated heterocycles. The molecule has 0 spiro atoms. The summed E-state index contributed by atoms with van der Waals surface area (Å²) in [6.07, 6.45) is 0. The van der Waals surface area contributed by atoms with E-state index in [4.69, 9.17) is 9.15 Å². The number of carbonyl (C=O) groups is 3. The fraction of sp³-hybridized carbons (Fsp3) is 0.0870. The van der Waals surface area contributed by atoms with Crippen molar-refractivity contribution < 1.29 is 23.5 Å². The van der Waals surface area contributed by atoms with Gasteiger partial charge in [-0.1, -0.05) is 54.6 Å². The Morgan fingerprint density at radius 2 is 1.60 bits per heavy atom. The van der Waals surface area contributed by atoms with E-state index in [9.17, 15) is 14.4 Å². The maximum absolute atomic E-state index is 12.5. The summed E-state index contributed by atoms with van der Waals surface area (Å²) in [6.45, 7) is 1.20. The van der Waals surface area contributed by atoms with E-state index in [-0.39, 0.29) is 5.76 Å². The SMILES string of the molecule is Cc1c(C(=O)OCC(=O)NNC(=O)c2ccccc2)oc2c1ccc1ccccc12. The predicted octanol–water partition coefficient (Wildman–Crippen LogP) is 3.51. The monoisotopic (exact) mass is 402 g/mol. The lowest BCUT2D eigenvalue weighted by atomic mass is 10.1. The molecule has 2 amide bonds. The number of furan rings is 1. The number of hydrogen-bond acceptors (Lipinski definition) is 5. The van der Waals surface area contributed by atoms with E-state index in [2.05, 4.69) is 10.9 Å². The van der Waals surface area contributed by atoms with Crippen molar-refractivity contribution in [2.75, 3.05) is 6.61 Å². The molecular weight excluding hydrogens is 384 g/mol. The largest absolute Gasteiger partial charge is 0.450 e. The average molecular weight is 402 g/mol. The van der Waals surface area contributed by atoms with Crippen LogP contribution in [-0.4, -0.2) is 24.4 Å². The van der Waals surface area contributed by atoms with E-state index in [0.29, 0.717) is 16.7 Å². The Balaban J connectivity index is 1.41. The molecule has 4 rings (SSSR count). The Bertz CT molecular complexity index is 1260. The number of esters is 1. The maximum atomic E-state index is 12.5. The smallest absolute Gasteiger partial charge is 0.375 e. The van der Waals surface area contributed by atoms with Gasteiger partial charge in [0.2, 0.25) is 5.76 Å². The van der Waals surface area contributed by atoms with Crippen LogP contribution in [0.3, 0.4) is 0 Å². The molecule has 0 aliphatic heterocycles. The highest BCUT2D eigenvalue weighted by atomic mass is 16.5. The van der Waals surface area contributed by atoms with Crippen molar-refractivity contribution in [2.45, 2.75) is 6.92 Å². The second-order valence-electron chi connectivity index (χ2n) is 6.66. The van der Waals surface area contributed by atoms with Crippen LogP contribution < -0.4 is 10.9 Å². The first-order valence-corrected chi connectivity index (χ1v) is 9.27. The zero-order chi connectivity index (χ0) is 21.1. The fourth-order valence-electron chi connectivity index (χ4n) is 3.16. The number of amides is 2. The first kappa shape index (κ1) is 19.2. The molecule has 0 unspecified atom stereocenters. The van der Waals surface area contributed by atoms with Crippen molar-refractivity contribution in [1.29, 1.82) is 0 Å². The van der Waals surface area contributed by atoms with Gasteiger partial charge in [0.15, 0.2) is 6.61 Å². The number of benzene rings is 3. The van der Waals surface area contributed by atoms with E-state index >= 15 is 0 Å². The van der Waals surface area contributed by atoms with Gasteiger partial charge in [0, 0.05) is 21.9 Å². The van der Waals surface area contributed by atoms with Crippen LogP contribution in [0.2, 0.25) is 0 Å². The number of carbonyl (C=O) groups excluding carboxylic acids is 3. The first-order valence-electron chi connectivity index (χ1n) is 9.27. The standard InChI is InChI=1S/C23H18N2O5/c1-14-17-12-11-15-7-5-6-10-18(15)21(17)30-20(14)23(28)29-13-19(26)24-25-22(27)16-8-3-2-4-9-16/h2-12H,13H2,1H3,(H,24,26)(H,25,27). The lowest BCUT2D eigenvalue weighted by molar-refractivity contribution is -0.125. The van der Waals surface area contributed by atoms with Crippen LogP contribution in [0.5, 0.6) is 0 Å². The Morgan fingerprint density at radius 3 is 2.40 bits per heavy atom. The molecule has 150 valence electrons. The number of aryl methyl sites for hydroxylation is 1. The minimum absolute atomic E-state index is 0.0440. The molecule has 3 aromatic carbocycles. The molecule has 7 nitrogen and oxygen atoms in total. The minimum Gasteiger partial charge on any atom is -0.450 e. The summed E-state index contributed by atoms with van der Waals surface area (Å²) < 4.78 is 10.8. The molecule has 0 radical (unpaired) electrons. The number of hydrogen-bond donors (Lipinski definition) is 2. The molecule has 0 saturated carbocycles. The molecule has 0 aliphatic rings. The third-order valence-corrected chi connectivity index (χ3v) is 4.70. The summed E-state index contributed by atoms with van der Waals surface area (Å²) in [4.78, 5) is 36.3. The maximum Gasteiger partial charge on any atom is 0.375 e. The quantitative estimate of drug-likeness (QED) is 0.402. The molecule has 7 heteroatoms. The Kier molecular flexibility index (Phi) is 5.17. The zero-order valence-electron chi connectivity index (χ0n) is 16.1. The second kappa shape index (κ2) is 8.08. The average Bonchev–Trinajstić information content (AvgIpc) is 3.13. The summed E-state index contributed by atoms with van der Waals surface area (Å²) in [5, 5.41) is 2.69. The van der Waals surface area contributed by atoms with Crippen molar-refractivity contribution >= 4 is 39.5 Å². The first-order chi connectivity index (χ1) is 14.5. The number of hydrazine groups is 1. The predicted molar refractivity (Wildman–Crippen MR) is 111 cm³/mol. The Morgan fingerprint density at radius 1 is 0.867 bits per heavy atom. The molecule has 1 aromatic heterocycles. The molecule has 30 heavy (non-hydrogen) atoms. The van der Waals surface area contributed by atoms with Crippen LogP contribution in [0.15, 0.2) is 71.1 Å². The van der Waals surface area contributed by atoms with E-state index in [1.807, 2.05) is 36.4 Å². The van der Waals surface area contributed by atoms with Crippen molar-refractivity contribution in [1.82, 2.24) is 10.9 Å². The summed E-state index contributed by atoms with van der Waals surface area (Å²) in [5.74, 6) is -1.86. The van der Waals surface area contributed by atoms with Gasteiger partial charge in [-0.3, -0.25) is 20.4 Å². The van der Waals surface area contributed by atoms with E-state index < -0.39 is 24.4 Å². The molecular formula is C23H18N2O5. The normalized spacial score (nSPS) is 10.7. The van der Waals surface area contributed by atoms with Crippen LogP contribution in [0.4, 0.5) is 0 Å². The molecule has 0 atom stereocenters. The van der Waals surface area contributed by atoms with Crippen molar-refractivity contribution in [3.05, 3.63) is 83.6 Å². The summed E-state index contributed by atoms with van der Waals surface area (Å²) in [5.41, 5.74) is 6.09. The topological polar surface area (TPSA) is 97.6 Å². The molecule has 0 bridgehead atoms. The van der Waals surface area contributed by atoms with E-state index in [1.54, 1.807) is 37.3 Å². The summed E-state index contributed by atoms with van der Waals surface area (Å²) in [7, 11) is 0. The van der Waals surface area contributed by atoms with Crippen LogP contribution >= 0.6 is 0 Å². The lowest BCUT2D eigenvalue weighted by Gasteiger charge is -2.07. The number of fused-ring (bicyclic) bond motifs is 3. The zero-order valence-corrected chi connectivity index (χ0v) is 16.1. The number of ether oxygens (including phenoxy) is 1. The van der Waals surface area contributed by atoms with Crippen LogP contribution in [0.1, 0.15) is 26.5 Å². The van der Waals surface area contributed by atoms with Crippen molar-refractivity contribution in [3.8, 4) is 0 Å². The fourth-order valence-corrected chi connectivity index (χ4v) is 3.16. The van der Waals surface area contributed by atoms with Crippen molar-refractivity contribution in [3.63, 3.8) is 0 Å².